The predicted octanol–water partition coefficient (Wildman–Crippen LogP) is 2.52. The molecule has 96 valence electrons. The van der Waals surface area contributed by atoms with Crippen LogP contribution in [0.2, 0.25) is 0 Å². The van der Waals surface area contributed by atoms with Crippen LogP contribution < -0.4 is 5.32 Å². The quantitative estimate of drug-likeness (QED) is 0.868. The minimum absolute atomic E-state index is 0.561. The van der Waals surface area contributed by atoms with Crippen LogP contribution in [0.5, 0.6) is 0 Å². The Kier molecular flexibility index (Phi) is 3.35. The Balaban J connectivity index is 1.89. The molecule has 2 heterocycles. The third-order valence-electron chi connectivity index (χ3n) is 3.94. The van der Waals surface area contributed by atoms with E-state index in [1.807, 2.05) is 6.20 Å². The van der Waals surface area contributed by atoms with Gasteiger partial charge in [-0.2, -0.15) is 0 Å². The van der Waals surface area contributed by atoms with E-state index < -0.39 is 0 Å². The van der Waals surface area contributed by atoms with Crippen LogP contribution in [-0.2, 0) is 0 Å². The zero-order valence-electron chi connectivity index (χ0n) is 10.9. The lowest BCUT2D eigenvalue weighted by atomic mass is 10.0. The Morgan fingerprint density at radius 1 is 1.22 bits per heavy atom. The Hall–Kier alpha value is -1.32. The summed E-state index contributed by atoms with van der Waals surface area (Å²) >= 11 is 0. The maximum atomic E-state index is 3.42. The van der Waals surface area contributed by atoms with Gasteiger partial charge < -0.3 is 10.3 Å². The molecule has 18 heavy (non-hydrogen) atoms. The summed E-state index contributed by atoms with van der Waals surface area (Å²) in [7, 11) is 0. The molecule has 0 bridgehead atoms. The van der Waals surface area contributed by atoms with Crippen LogP contribution in [0.25, 0.3) is 10.9 Å². The molecule has 2 N–H and O–H groups in total. The monoisotopic (exact) mass is 243 g/mol. The number of fused-ring (bicyclic) bond motifs is 1. The molecule has 1 fully saturated rings. The molecule has 0 unspecified atom stereocenters. The Morgan fingerprint density at radius 2 is 2.06 bits per heavy atom. The van der Waals surface area contributed by atoms with Gasteiger partial charge in [0.05, 0.1) is 0 Å². The van der Waals surface area contributed by atoms with Crippen LogP contribution in [0, 0.1) is 0 Å². The summed E-state index contributed by atoms with van der Waals surface area (Å²) in [5.41, 5.74) is 2.68. The SMILES string of the molecule is CC[C@H](c1ccc2[nH]ccc2c1)N1CCNCC1. The van der Waals surface area contributed by atoms with Crippen LogP contribution in [0.4, 0.5) is 0 Å². The van der Waals surface area contributed by atoms with Crippen molar-refractivity contribution in [3.05, 3.63) is 36.0 Å². The van der Waals surface area contributed by atoms with Gasteiger partial charge in [0.1, 0.15) is 0 Å². The summed E-state index contributed by atoms with van der Waals surface area (Å²) in [6.07, 6.45) is 3.19. The number of benzene rings is 1. The first-order valence-corrected chi connectivity index (χ1v) is 6.90. The van der Waals surface area contributed by atoms with E-state index in [4.69, 9.17) is 0 Å². The van der Waals surface area contributed by atoms with E-state index in [0.29, 0.717) is 6.04 Å². The molecule has 2 aromatic rings. The third kappa shape index (κ3) is 2.16. The highest BCUT2D eigenvalue weighted by Gasteiger charge is 2.20. The van der Waals surface area contributed by atoms with Crippen molar-refractivity contribution in [1.82, 2.24) is 15.2 Å². The minimum Gasteiger partial charge on any atom is -0.361 e. The normalized spacial score (nSPS) is 19.2. The van der Waals surface area contributed by atoms with Crippen LogP contribution >= 0.6 is 0 Å². The highest BCUT2D eigenvalue weighted by molar-refractivity contribution is 5.80. The number of hydrogen-bond acceptors (Lipinski definition) is 2. The molecule has 3 rings (SSSR count). The van der Waals surface area contributed by atoms with Crippen molar-refractivity contribution in [2.45, 2.75) is 19.4 Å². The highest BCUT2D eigenvalue weighted by atomic mass is 15.2. The molecule has 3 nitrogen and oxygen atoms in total. The third-order valence-corrected chi connectivity index (χ3v) is 3.94. The van der Waals surface area contributed by atoms with Crippen LogP contribution in [0.1, 0.15) is 24.9 Å². The second-order valence-electron chi connectivity index (χ2n) is 5.03. The smallest absolute Gasteiger partial charge is 0.0454 e. The van der Waals surface area contributed by atoms with Crippen molar-refractivity contribution < 1.29 is 0 Å². The van der Waals surface area contributed by atoms with Crippen molar-refractivity contribution in [1.29, 1.82) is 0 Å². The summed E-state index contributed by atoms with van der Waals surface area (Å²) in [6.45, 7) is 6.83. The molecule has 1 aromatic carbocycles. The number of nitrogens with one attached hydrogen (secondary N) is 2. The summed E-state index contributed by atoms with van der Waals surface area (Å²) in [6, 6.07) is 9.53. The molecule has 0 saturated carbocycles. The predicted molar refractivity (Wildman–Crippen MR) is 75.8 cm³/mol. The van der Waals surface area contributed by atoms with Gasteiger partial charge in [0.25, 0.3) is 0 Å². The fraction of sp³-hybridized carbons (Fsp3) is 0.467. The molecule has 0 amide bonds. The number of rotatable bonds is 3. The molecule has 0 radical (unpaired) electrons. The fourth-order valence-electron chi connectivity index (χ4n) is 2.98. The Bertz CT molecular complexity index is 511. The second kappa shape index (κ2) is 5.12. The van der Waals surface area contributed by atoms with Crippen molar-refractivity contribution in [3.63, 3.8) is 0 Å². The largest absolute Gasteiger partial charge is 0.361 e. The van der Waals surface area contributed by atoms with E-state index >= 15 is 0 Å². The molecular formula is C15H21N3. The standard InChI is InChI=1S/C15H21N3/c1-2-15(18-9-7-16-8-10-18)13-3-4-14-12(11-13)5-6-17-14/h3-6,11,15-17H,2,7-10H2,1H3/t15-/m1/s1. The van der Waals surface area contributed by atoms with Crippen LogP contribution in [-0.4, -0.2) is 36.1 Å². The maximum Gasteiger partial charge on any atom is 0.0454 e. The minimum atomic E-state index is 0.561. The van der Waals surface area contributed by atoms with E-state index in [1.54, 1.807) is 0 Å². The van der Waals surface area contributed by atoms with E-state index in [-0.39, 0.29) is 0 Å². The molecule has 1 aliphatic heterocycles. The Morgan fingerprint density at radius 3 is 2.83 bits per heavy atom. The number of piperazine rings is 1. The fourth-order valence-corrected chi connectivity index (χ4v) is 2.98. The average Bonchev–Trinajstić information content (AvgIpc) is 2.88. The summed E-state index contributed by atoms with van der Waals surface area (Å²) in [5, 5.41) is 4.74. The van der Waals surface area contributed by atoms with Gasteiger partial charge in [-0.25, -0.2) is 0 Å². The number of aromatic nitrogens is 1. The Labute approximate surface area is 108 Å². The van der Waals surface area contributed by atoms with Crippen molar-refractivity contribution in [2.75, 3.05) is 26.2 Å². The van der Waals surface area contributed by atoms with Crippen molar-refractivity contribution >= 4 is 10.9 Å². The molecule has 1 aromatic heterocycles. The van der Waals surface area contributed by atoms with Gasteiger partial charge in [-0.1, -0.05) is 13.0 Å². The zero-order valence-corrected chi connectivity index (χ0v) is 10.9. The molecule has 0 spiro atoms. The number of H-pyrrole nitrogens is 1. The van der Waals surface area contributed by atoms with E-state index in [0.717, 1.165) is 26.2 Å². The van der Waals surface area contributed by atoms with Gasteiger partial charge in [0, 0.05) is 43.9 Å². The molecule has 1 aliphatic rings. The number of hydrogen-bond donors (Lipinski definition) is 2. The maximum absolute atomic E-state index is 3.42. The van der Waals surface area contributed by atoms with Crippen LogP contribution in [0.15, 0.2) is 30.5 Å². The van der Waals surface area contributed by atoms with E-state index in [1.165, 1.54) is 22.9 Å². The van der Waals surface area contributed by atoms with Gasteiger partial charge >= 0.3 is 0 Å². The first kappa shape index (κ1) is 11.8. The lowest BCUT2D eigenvalue weighted by Crippen LogP contribution is -2.45. The molecule has 3 heteroatoms. The first-order chi connectivity index (χ1) is 8.88. The lowest BCUT2D eigenvalue weighted by molar-refractivity contribution is 0.169. The lowest BCUT2D eigenvalue weighted by Gasteiger charge is -2.34. The summed E-state index contributed by atoms with van der Waals surface area (Å²) < 4.78 is 0. The van der Waals surface area contributed by atoms with Crippen molar-refractivity contribution in [2.24, 2.45) is 0 Å². The van der Waals surface area contributed by atoms with Gasteiger partial charge in [-0.05, 0) is 35.6 Å². The first-order valence-electron chi connectivity index (χ1n) is 6.90. The van der Waals surface area contributed by atoms with Gasteiger partial charge in [0.15, 0.2) is 0 Å². The number of aromatic amines is 1. The molecular weight excluding hydrogens is 222 g/mol. The molecule has 0 aliphatic carbocycles. The highest BCUT2D eigenvalue weighted by Crippen LogP contribution is 2.27. The molecule has 1 saturated heterocycles. The van der Waals surface area contributed by atoms with Crippen LogP contribution in [0.3, 0.4) is 0 Å². The van der Waals surface area contributed by atoms with E-state index in [9.17, 15) is 0 Å². The van der Waals surface area contributed by atoms with Gasteiger partial charge in [-0.3, -0.25) is 4.90 Å². The molecule has 1 atom stereocenters. The number of nitrogens with zero attached hydrogens (tertiary/aromatic N) is 1. The van der Waals surface area contributed by atoms with Gasteiger partial charge in [0.2, 0.25) is 0 Å². The average molecular weight is 243 g/mol. The van der Waals surface area contributed by atoms with E-state index in [2.05, 4.69) is 46.4 Å². The summed E-state index contributed by atoms with van der Waals surface area (Å²) in [5.74, 6) is 0. The van der Waals surface area contributed by atoms with Crippen molar-refractivity contribution in [3.8, 4) is 0 Å². The van der Waals surface area contributed by atoms with Gasteiger partial charge in [-0.15, -0.1) is 0 Å². The topological polar surface area (TPSA) is 31.1 Å². The summed E-state index contributed by atoms with van der Waals surface area (Å²) in [4.78, 5) is 5.86. The zero-order chi connectivity index (χ0) is 12.4. The second-order valence-corrected chi connectivity index (χ2v) is 5.03.